The van der Waals surface area contributed by atoms with Crippen LogP contribution in [0.4, 0.5) is 16.2 Å². The fraction of sp³-hybridized carbons (Fsp3) is 0. The molecule has 0 saturated heterocycles. The van der Waals surface area contributed by atoms with Crippen molar-refractivity contribution >= 4 is 28.5 Å². The first-order valence-corrected chi connectivity index (χ1v) is 7.72. The van der Waals surface area contributed by atoms with Crippen LogP contribution in [-0.2, 0) is 0 Å². The van der Waals surface area contributed by atoms with Gasteiger partial charge in [0.25, 0.3) is 0 Å². The zero-order valence-electron chi connectivity index (χ0n) is 13.1. The van der Waals surface area contributed by atoms with E-state index in [2.05, 4.69) is 20.6 Å². The number of pyridine rings is 1. The minimum Gasteiger partial charge on any atom is -0.436 e. The Morgan fingerprint density at radius 3 is 2.44 bits per heavy atom. The van der Waals surface area contributed by atoms with E-state index in [4.69, 9.17) is 4.42 Å². The molecule has 0 aliphatic rings. The summed E-state index contributed by atoms with van der Waals surface area (Å²) in [6.07, 6.45) is 3.37. The van der Waals surface area contributed by atoms with Crippen molar-refractivity contribution in [1.82, 2.24) is 9.97 Å². The quantitative estimate of drug-likeness (QED) is 0.578. The molecule has 0 spiro atoms. The Kier molecular flexibility index (Phi) is 3.84. The highest BCUT2D eigenvalue weighted by Gasteiger charge is 2.10. The molecule has 2 heterocycles. The van der Waals surface area contributed by atoms with Gasteiger partial charge in [-0.3, -0.25) is 4.98 Å². The van der Waals surface area contributed by atoms with E-state index in [0.717, 1.165) is 16.8 Å². The molecule has 0 radical (unpaired) electrons. The third-order valence-electron chi connectivity index (χ3n) is 3.61. The van der Waals surface area contributed by atoms with Crippen LogP contribution in [0.25, 0.3) is 22.6 Å². The zero-order chi connectivity index (χ0) is 17.1. The molecular formula is C19H14N4O2. The normalized spacial score (nSPS) is 10.6. The zero-order valence-corrected chi connectivity index (χ0v) is 13.1. The van der Waals surface area contributed by atoms with Gasteiger partial charge in [-0.1, -0.05) is 18.2 Å². The molecule has 6 heteroatoms. The molecule has 0 aliphatic heterocycles. The molecule has 2 N–H and O–H groups in total. The number of hydrogen-bond acceptors (Lipinski definition) is 4. The number of amides is 2. The molecule has 6 nitrogen and oxygen atoms in total. The maximum Gasteiger partial charge on any atom is 0.323 e. The van der Waals surface area contributed by atoms with Crippen LogP contribution < -0.4 is 10.6 Å². The molecule has 0 bridgehead atoms. The van der Waals surface area contributed by atoms with Crippen molar-refractivity contribution in [2.24, 2.45) is 0 Å². The number of nitrogens with one attached hydrogen (secondary N) is 2. The van der Waals surface area contributed by atoms with E-state index >= 15 is 0 Å². The highest BCUT2D eigenvalue weighted by molar-refractivity contribution is 6.00. The molecule has 2 aromatic heterocycles. The Morgan fingerprint density at radius 1 is 0.880 bits per heavy atom. The average Bonchev–Trinajstić information content (AvgIpc) is 3.06. The predicted molar refractivity (Wildman–Crippen MR) is 96.3 cm³/mol. The molecule has 122 valence electrons. The number of fused-ring (bicyclic) bond motifs is 1. The number of para-hydroxylation sites is 1. The van der Waals surface area contributed by atoms with Gasteiger partial charge in [-0.2, -0.15) is 0 Å². The number of hydrogen-bond donors (Lipinski definition) is 2. The van der Waals surface area contributed by atoms with Crippen LogP contribution in [0, 0.1) is 0 Å². The number of nitrogens with zero attached hydrogens (tertiary/aromatic N) is 2. The summed E-state index contributed by atoms with van der Waals surface area (Å²) in [5.41, 5.74) is 3.52. The lowest BCUT2D eigenvalue weighted by Gasteiger charge is -2.07. The molecule has 0 unspecified atom stereocenters. The van der Waals surface area contributed by atoms with Crippen molar-refractivity contribution in [2.75, 3.05) is 10.6 Å². The lowest BCUT2D eigenvalue weighted by molar-refractivity contribution is 0.262. The number of benzene rings is 2. The summed E-state index contributed by atoms with van der Waals surface area (Å²) in [6.45, 7) is 0. The van der Waals surface area contributed by atoms with Gasteiger partial charge in [0.1, 0.15) is 5.52 Å². The third-order valence-corrected chi connectivity index (χ3v) is 3.61. The Hall–Kier alpha value is -3.67. The molecule has 0 fully saturated rings. The Balaban J connectivity index is 1.54. The van der Waals surface area contributed by atoms with Crippen molar-refractivity contribution in [3.05, 3.63) is 73.1 Å². The average molecular weight is 330 g/mol. The molecule has 0 aliphatic carbocycles. The van der Waals surface area contributed by atoms with Crippen LogP contribution in [0.1, 0.15) is 0 Å². The number of aromatic nitrogens is 2. The summed E-state index contributed by atoms with van der Waals surface area (Å²) in [6, 6.07) is 17.9. The van der Waals surface area contributed by atoms with Crippen LogP contribution in [0.3, 0.4) is 0 Å². The second-order valence-electron chi connectivity index (χ2n) is 5.38. The summed E-state index contributed by atoms with van der Waals surface area (Å²) < 4.78 is 5.78. The van der Waals surface area contributed by atoms with Gasteiger partial charge in [-0.15, -0.1) is 0 Å². The second-order valence-corrected chi connectivity index (χ2v) is 5.38. The molecular weight excluding hydrogens is 316 g/mol. The van der Waals surface area contributed by atoms with Gasteiger partial charge in [0.15, 0.2) is 5.58 Å². The molecule has 2 aromatic carbocycles. The first-order valence-electron chi connectivity index (χ1n) is 7.72. The molecule has 4 rings (SSSR count). The lowest BCUT2D eigenvalue weighted by Crippen LogP contribution is -2.19. The van der Waals surface area contributed by atoms with Crippen LogP contribution >= 0.6 is 0 Å². The van der Waals surface area contributed by atoms with Crippen molar-refractivity contribution in [1.29, 1.82) is 0 Å². The highest BCUT2D eigenvalue weighted by Crippen LogP contribution is 2.26. The second kappa shape index (κ2) is 6.45. The fourth-order valence-corrected chi connectivity index (χ4v) is 2.44. The minimum atomic E-state index is -0.320. The Morgan fingerprint density at radius 2 is 1.64 bits per heavy atom. The Bertz CT molecular complexity index is 1010. The predicted octanol–water partition coefficient (Wildman–Crippen LogP) is 4.53. The summed E-state index contributed by atoms with van der Waals surface area (Å²) in [4.78, 5) is 20.5. The van der Waals surface area contributed by atoms with Crippen molar-refractivity contribution in [2.45, 2.75) is 0 Å². The standard InChI is InChI=1S/C19H14N4O2/c24-19(21-14-4-2-1-3-5-14)22-15-6-7-16-17(12-15)25-18(23-16)13-8-10-20-11-9-13/h1-12H,(H2,21,22,24). The summed E-state index contributed by atoms with van der Waals surface area (Å²) in [5.74, 6) is 0.517. The van der Waals surface area contributed by atoms with Gasteiger partial charge in [0.2, 0.25) is 5.89 Å². The molecule has 2 amide bonds. The van der Waals surface area contributed by atoms with Crippen molar-refractivity contribution < 1.29 is 9.21 Å². The maximum absolute atomic E-state index is 12.1. The molecule has 25 heavy (non-hydrogen) atoms. The van der Waals surface area contributed by atoms with Crippen LogP contribution in [0.2, 0.25) is 0 Å². The van der Waals surface area contributed by atoms with E-state index in [1.54, 1.807) is 24.5 Å². The first-order chi connectivity index (χ1) is 12.3. The van der Waals surface area contributed by atoms with Crippen molar-refractivity contribution in [3.8, 4) is 11.5 Å². The Labute approximate surface area is 143 Å². The monoisotopic (exact) mass is 330 g/mol. The fourth-order valence-electron chi connectivity index (χ4n) is 2.44. The van der Waals surface area contributed by atoms with E-state index in [1.807, 2.05) is 48.5 Å². The van der Waals surface area contributed by atoms with Crippen LogP contribution in [0.15, 0.2) is 77.5 Å². The SMILES string of the molecule is O=C(Nc1ccccc1)Nc1ccc2nc(-c3ccncc3)oc2c1. The largest absolute Gasteiger partial charge is 0.436 e. The first kappa shape index (κ1) is 14.9. The van der Waals surface area contributed by atoms with E-state index in [0.29, 0.717) is 17.2 Å². The topological polar surface area (TPSA) is 80.0 Å². The number of rotatable bonds is 3. The number of carbonyl (C=O) groups excluding carboxylic acids is 1. The minimum absolute atomic E-state index is 0.320. The lowest BCUT2D eigenvalue weighted by atomic mass is 10.3. The third kappa shape index (κ3) is 3.32. The van der Waals surface area contributed by atoms with Gasteiger partial charge in [-0.05, 0) is 36.4 Å². The number of anilines is 2. The van der Waals surface area contributed by atoms with Crippen LogP contribution in [0.5, 0.6) is 0 Å². The van der Waals surface area contributed by atoms with Gasteiger partial charge < -0.3 is 15.1 Å². The number of oxazole rings is 1. The van der Waals surface area contributed by atoms with Gasteiger partial charge in [0, 0.05) is 35.4 Å². The smallest absolute Gasteiger partial charge is 0.323 e. The summed E-state index contributed by atoms with van der Waals surface area (Å²) >= 11 is 0. The highest BCUT2D eigenvalue weighted by atomic mass is 16.3. The van der Waals surface area contributed by atoms with Gasteiger partial charge in [0.05, 0.1) is 0 Å². The van der Waals surface area contributed by atoms with Crippen LogP contribution in [-0.4, -0.2) is 16.0 Å². The van der Waals surface area contributed by atoms with E-state index in [1.165, 1.54) is 0 Å². The summed E-state index contributed by atoms with van der Waals surface area (Å²) in [7, 11) is 0. The summed E-state index contributed by atoms with van der Waals surface area (Å²) in [5, 5.41) is 5.55. The molecule has 4 aromatic rings. The van der Waals surface area contributed by atoms with E-state index < -0.39 is 0 Å². The maximum atomic E-state index is 12.1. The van der Waals surface area contributed by atoms with Gasteiger partial charge >= 0.3 is 6.03 Å². The van der Waals surface area contributed by atoms with Gasteiger partial charge in [-0.25, -0.2) is 9.78 Å². The van der Waals surface area contributed by atoms with Crippen molar-refractivity contribution in [3.63, 3.8) is 0 Å². The number of carbonyl (C=O) groups is 1. The van der Waals surface area contributed by atoms with E-state index in [-0.39, 0.29) is 6.03 Å². The van der Waals surface area contributed by atoms with E-state index in [9.17, 15) is 4.79 Å². The number of urea groups is 1. The molecule has 0 atom stereocenters. The molecule has 0 saturated carbocycles.